The maximum atomic E-state index is 12.3. The van der Waals surface area contributed by atoms with Crippen LogP contribution in [0, 0.1) is 0 Å². The van der Waals surface area contributed by atoms with Crippen LogP contribution in [0.1, 0.15) is 24.2 Å². The summed E-state index contributed by atoms with van der Waals surface area (Å²) in [5.41, 5.74) is 1.07. The zero-order chi connectivity index (χ0) is 13.2. The van der Waals surface area contributed by atoms with Crippen molar-refractivity contribution in [1.29, 1.82) is 0 Å². The third-order valence-corrected chi connectivity index (χ3v) is 4.07. The van der Waals surface area contributed by atoms with Gasteiger partial charge >= 0.3 is 0 Å². The molecule has 94 valence electrons. The molecule has 0 aliphatic carbocycles. The topological polar surface area (TPSA) is 42.0 Å². The summed E-state index contributed by atoms with van der Waals surface area (Å²) < 4.78 is 0. The van der Waals surface area contributed by atoms with E-state index in [4.69, 9.17) is 0 Å². The van der Waals surface area contributed by atoms with E-state index in [0.29, 0.717) is 10.9 Å². The van der Waals surface area contributed by atoms with Gasteiger partial charge in [0.1, 0.15) is 0 Å². The van der Waals surface area contributed by atoms with Gasteiger partial charge in [0.25, 0.3) is 5.91 Å². The lowest BCUT2D eigenvalue weighted by atomic mass is 10.1. The van der Waals surface area contributed by atoms with Crippen molar-refractivity contribution in [2.24, 2.45) is 0 Å². The number of carbonyl (C=O) groups is 1. The molecule has 3 nitrogen and oxygen atoms in total. The van der Waals surface area contributed by atoms with Crippen molar-refractivity contribution in [2.45, 2.75) is 19.4 Å². The fourth-order valence-corrected chi connectivity index (χ4v) is 1.84. The quantitative estimate of drug-likeness (QED) is 0.885. The average Bonchev–Trinajstić information content (AvgIpc) is 2.37. The first-order valence-corrected chi connectivity index (χ1v) is 6.88. The molecule has 2 aromatic rings. The lowest BCUT2D eigenvalue weighted by Crippen LogP contribution is -2.44. The Morgan fingerprint density at radius 3 is 2.78 bits per heavy atom. The summed E-state index contributed by atoms with van der Waals surface area (Å²) >= 11 is 3.39. The maximum Gasteiger partial charge on any atom is 0.253 e. The Morgan fingerprint density at radius 2 is 2.06 bits per heavy atom. The molecule has 1 heterocycles. The van der Waals surface area contributed by atoms with Crippen molar-refractivity contribution < 1.29 is 4.79 Å². The van der Waals surface area contributed by atoms with Crippen LogP contribution in [0.4, 0.5) is 0 Å². The Balaban J connectivity index is 2.39. The minimum Gasteiger partial charge on any atom is -0.346 e. The number of hydrogen-bond donors (Lipinski definition) is 1. The zero-order valence-electron chi connectivity index (χ0n) is 10.4. The van der Waals surface area contributed by atoms with Crippen LogP contribution in [-0.2, 0) is 0 Å². The molecule has 1 aromatic heterocycles. The molecule has 0 fully saturated rings. The average molecular weight is 307 g/mol. The van der Waals surface area contributed by atoms with E-state index in [1.807, 2.05) is 38.1 Å². The number of hydrogen-bond acceptors (Lipinski definition) is 2. The molecule has 0 atom stereocenters. The molecule has 0 saturated carbocycles. The number of halogens is 1. The van der Waals surface area contributed by atoms with Crippen LogP contribution in [-0.4, -0.2) is 21.8 Å². The minimum atomic E-state index is -0.284. The van der Waals surface area contributed by atoms with Crippen LogP contribution in [0.15, 0.2) is 36.5 Å². The van der Waals surface area contributed by atoms with Crippen LogP contribution < -0.4 is 5.32 Å². The number of nitrogens with zero attached hydrogens (tertiary/aromatic N) is 1. The molecule has 18 heavy (non-hydrogen) atoms. The largest absolute Gasteiger partial charge is 0.346 e. The Labute approximate surface area is 115 Å². The molecule has 0 unspecified atom stereocenters. The summed E-state index contributed by atoms with van der Waals surface area (Å²) in [6, 6.07) is 9.45. The highest BCUT2D eigenvalue weighted by Crippen LogP contribution is 2.17. The smallest absolute Gasteiger partial charge is 0.253 e. The first-order chi connectivity index (χ1) is 8.53. The molecular weight excluding hydrogens is 292 g/mol. The highest BCUT2D eigenvalue weighted by Gasteiger charge is 2.20. The lowest BCUT2D eigenvalue weighted by Gasteiger charge is -2.23. The number of alkyl halides is 1. The monoisotopic (exact) mass is 306 g/mol. The first kappa shape index (κ1) is 13.0. The molecule has 0 spiro atoms. The molecule has 1 amide bonds. The molecule has 1 N–H and O–H groups in total. The predicted molar refractivity (Wildman–Crippen MR) is 77.1 cm³/mol. The minimum absolute atomic E-state index is 0.0938. The number of nitrogens with one attached hydrogen (secondary N) is 1. The zero-order valence-corrected chi connectivity index (χ0v) is 12.0. The Bertz CT molecular complexity index is 576. The molecule has 0 radical (unpaired) electrons. The van der Waals surface area contributed by atoms with Gasteiger partial charge in [-0.3, -0.25) is 9.78 Å². The number of amides is 1. The summed E-state index contributed by atoms with van der Waals surface area (Å²) in [5, 5.41) is 4.66. The molecule has 1 aromatic carbocycles. The predicted octanol–water partition coefficient (Wildman–Crippen LogP) is 3.14. The van der Waals surface area contributed by atoms with E-state index in [0.717, 1.165) is 10.9 Å². The molecule has 0 aliphatic heterocycles. The number of para-hydroxylation sites is 1. The van der Waals surface area contributed by atoms with E-state index in [2.05, 4.69) is 26.2 Å². The number of carbonyl (C=O) groups excluding carboxylic acids is 1. The second kappa shape index (κ2) is 5.06. The molecule has 4 heteroatoms. The first-order valence-electron chi connectivity index (χ1n) is 5.76. The molecule has 0 aliphatic rings. The van der Waals surface area contributed by atoms with Crippen LogP contribution in [0.5, 0.6) is 0 Å². The molecule has 0 saturated heterocycles. The van der Waals surface area contributed by atoms with Crippen LogP contribution in [0.25, 0.3) is 10.9 Å². The standard InChI is InChI=1S/C14H15BrN2O/c1-14(2,9-15)17-13(18)11-7-3-5-10-6-4-8-16-12(10)11/h3-8H,9H2,1-2H3,(H,17,18). The van der Waals surface area contributed by atoms with Gasteiger partial charge < -0.3 is 5.32 Å². The van der Waals surface area contributed by atoms with Crippen LogP contribution in [0.3, 0.4) is 0 Å². The van der Waals surface area contributed by atoms with Gasteiger partial charge in [-0.1, -0.05) is 34.1 Å². The second-order valence-corrected chi connectivity index (χ2v) is 5.41. The van der Waals surface area contributed by atoms with Crippen LogP contribution >= 0.6 is 15.9 Å². The SMILES string of the molecule is CC(C)(CBr)NC(=O)c1cccc2cccnc12. The molecule has 0 bridgehead atoms. The summed E-state index contributed by atoms with van der Waals surface area (Å²) in [6.07, 6.45) is 1.70. The summed E-state index contributed by atoms with van der Waals surface area (Å²) in [7, 11) is 0. The Hall–Kier alpha value is -1.42. The normalized spacial score (nSPS) is 11.5. The van der Waals surface area contributed by atoms with Gasteiger partial charge in [0.15, 0.2) is 0 Å². The van der Waals surface area contributed by atoms with Crippen molar-refractivity contribution in [1.82, 2.24) is 10.3 Å². The van der Waals surface area contributed by atoms with E-state index >= 15 is 0 Å². The van der Waals surface area contributed by atoms with E-state index < -0.39 is 0 Å². The number of benzene rings is 1. The van der Waals surface area contributed by atoms with Gasteiger partial charge in [-0.25, -0.2) is 0 Å². The third-order valence-electron chi connectivity index (χ3n) is 2.66. The summed E-state index contributed by atoms with van der Waals surface area (Å²) in [5.74, 6) is -0.0938. The van der Waals surface area contributed by atoms with Crippen molar-refractivity contribution in [3.8, 4) is 0 Å². The Kier molecular flexibility index (Phi) is 3.66. The van der Waals surface area contributed by atoms with Crippen molar-refractivity contribution in [3.05, 3.63) is 42.1 Å². The Morgan fingerprint density at radius 1 is 1.33 bits per heavy atom. The summed E-state index contributed by atoms with van der Waals surface area (Å²) in [4.78, 5) is 16.5. The van der Waals surface area contributed by atoms with E-state index in [9.17, 15) is 4.79 Å². The van der Waals surface area contributed by atoms with Crippen LogP contribution in [0.2, 0.25) is 0 Å². The van der Waals surface area contributed by atoms with Gasteiger partial charge in [0.2, 0.25) is 0 Å². The number of aromatic nitrogens is 1. The van der Waals surface area contributed by atoms with Gasteiger partial charge in [-0.2, -0.15) is 0 Å². The van der Waals surface area contributed by atoms with E-state index in [-0.39, 0.29) is 11.4 Å². The number of fused-ring (bicyclic) bond motifs is 1. The van der Waals surface area contributed by atoms with Gasteiger partial charge in [-0.05, 0) is 26.0 Å². The number of pyridine rings is 1. The molecular formula is C14H15BrN2O. The third kappa shape index (κ3) is 2.70. The fraction of sp³-hybridized carbons (Fsp3) is 0.286. The highest BCUT2D eigenvalue weighted by molar-refractivity contribution is 9.09. The highest BCUT2D eigenvalue weighted by atomic mass is 79.9. The second-order valence-electron chi connectivity index (χ2n) is 4.85. The fourth-order valence-electron chi connectivity index (χ4n) is 1.70. The van der Waals surface area contributed by atoms with E-state index in [1.165, 1.54) is 0 Å². The number of rotatable bonds is 3. The maximum absolute atomic E-state index is 12.3. The summed E-state index contributed by atoms with van der Waals surface area (Å²) in [6.45, 7) is 3.94. The van der Waals surface area contributed by atoms with Crippen molar-refractivity contribution >= 4 is 32.7 Å². The van der Waals surface area contributed by atoms with Gasteiger partial charge in [0.05, 0.1) is 11.1 Å². The molecule has 2 rings (SSSR count). The van der Waals surface area contributed by atoms with Gasteiger partial charge in [0, 0.05) is 22.5 Å². The van der Waals surface area contributed by atoms with Crippen molar-refractivity contribution in [3.63, 3.8) is 0 Å². The van der Waals surface area contributed by atoms with Crippen molar-refractivity contribution in [2.75, 3.05) is 5.33 Å². The van der Waals surface area contributed by atoms with Gasteiger partial charge in [-0.15, -0.1) is 0 Å². The lowest BCUT2D eigenvalue weighted by molar-refractivity contribution is 0.0923. The van der Waals surface area contributed by atoms with E-state index in [1.54, 1.807) is 12.3 Å².